The van der Waals surface area contributed by atoms with Crippen molar-refractivity contribution in [2.75, 3.05) is 11.1 Å². The van der Waals surface area contributed by atoms with Crippen molar-refractivity contribution in [3.8, 4) is 6.07 Å². The van der Waals surface area contributed by atoms with Crippen LogP contribution in [0.15, 0.2) is 18.2 Å². The lowest BCUT2D eigenvalue weighted by Gasteiger charge is -2.19. The predicted molar refractivity (Wildman–Crippen MR) is 70.7 cm³/mol. The second-order valence-corrected chi connectivity index (χ2v) is 4.71. The number of nitrogens with one attached hydrogen (secondary N) is 1. The van der Waals surface area contributed by atoms with E-state index in [9.17, 15) is 0 Å². The van der Waals surface area contributed by atoms with Crippen molar-refractivity contribution in [2.24, 2.45) is 0 Å². The summed E-state index contributed by atoms with van der Waals surface area (Å²) in [5.41, 5.74) is 8.02. The number of nitrogens with two attached hydrogens (primary N) is 1. The normalized spacial score (nSPS) is 17.1. The number of nitriles is 1. The van der Waals surface area contributed by atoms with Crippen LogP contribution in [0.25, 0.3) is 0 Å². The van der Waals surface area contributed by atoms with Crippen molar-refractivity contribution in [2.45, 2.75) is 44.6 Å². The fourth-order valence-corrected chi connectivity index (χ4v) is 2.43. The van der Waals surface area contributed by atoms with Crippen LogP contribution in [0.2, 0.25) is 0 Å². The van der Waals surface area contributed by atoms with Gasteiger partial charge in [0.2, 0.25) is 0 Å². The van der Waals surface area contributed by atoms with E-state index >= 15 is 0 Å². The van der Waals surface area contributed by atoms with E-state index in [1.165, 1.54) is 38.5 Å². The zero-order valence-corrected chi connectivity index (χ0v) is 10.1. The average Bonchev–Trinajstić information content (AvgIpc) is 2.60. The van der Waals surface area contributed by atoms with Gasteiger partial charge in [-0.25, -0.2) is 0 Å². The maximum atomic E-state index is 8.94. The minimum Gasteiger partial charge on any atom is -0.396 e. The summed E-state index contributed by atoms with van der Waals surface area (Å²) in [7, 11) is 0. The van der Waals surface area contributed by atoms with Crippen LogP contribution in [0, 0.1) is 11.3 Å². The van der Waals surface area contributed by atoms with Crippen LogP contribution in [0.5, 0.6) is 0 Å². The molecule has 3 N–H and O–H groups in total. The Kier molecular flexibility index (Phi) is 3.87. The van der Waals surface area contributed by atoms with E-state index in [1.807, 2.05) is 12.1 Å². The number of hydrogen-bond donors (Lipinski definition) is 2. The second kappa shape index (κ2) is 5.58. The Morgan fingerprint density at radius 1 is 1.18 bits per heavy atom. The Balaban J connectivity index is 2.10. The molecule has 0 unspecified atom stereocenters. The Bertz CT molecular complexity index is 412. The molecule has 1 aromatic carbocycles. The molecule has 0 bridgehead atoms. The number of rotatable bonds is 2. The van der Waals surface area contributed by atoms with Crippen LogP contribution in [0.3, 0.4) is 0 Å². The molecule has 2 rings (SSSR count). The first kappa shape index (κ1) is 11.8. The van der Waals surface area contributed by atoms with Gasteiger partial charge in [0, 0.05) is 6.04 Å². The molecule has 0 radical (unpaired) electrons. The van der Waals surface area contributed by atoms with Gasteiger partial charge < -0.3 is 11.1 Å². The monoisotopic (exact) mass is 229 g/mol. The Morgan fingerprint density at radius 3 is 2.53 bits per heavy atom. The Labute approximate surface area is 103 Å². The lowest BCUT2D eigenvalue weighted by atomic mass is 10.1. The van der Waals surface area contributed by atoms with E-state index in [2.05, 4.69) is 11.4 Å². The molecular formula is C14H19N3. The van der Waals surface area contributed by atoms with E-state index < -0.39 is 0 Å². The molecule has 1 aliphatic carbocycles. The maximum absolute atomic E-state index is 8.94. The van der Waals surface area contributed by atoms with Crippen molar-refractivity contribution < 1.29 is 0 Å². The van der Waals surface area contributed by atoms with Crippen LogP contribution in [-0.2, 0) is 0 Å². The molecule has 0 aliphatic heterocycles. The third kappa shape index (κ3) is 2.91. The highest BCUT2D eigenvalue weighted by atomic mass is 14.9. The third-order valence-corrected chi connectivity index (χ3v) is 3.44. The van der Waals surface area contributed by atoms with Gasteiger partial charge in [0.1, 0.15) is 6.07 Å². The third-order valence-electron chi connectivity index (χ3n) is 3.44. The van der Waals surface area contributed by atoms with E-state index in [0.717, 1.165) is 5.69 Å². The molecule has 0 amide bonds. The van der Waals surface area contributed by atoms with Crippen molar-refractivity contribution in [3.05, 3.63) is 23.8 Å². The van der Waals surface area contributed by atoms with Gasteiger partial charge in [-0.1, -0.05) is 31.7 Å². The average molecular weight is 229 g/mol. The summed E-state index contributed by atoms with van der Waals surface area (Å²) in [6.45, 7) is 0. The summed E-state index contributed by atoms with van der Waals surface area (Å²) in [5, 5.41) is 12.4. The summed E-state index contributed by atoms with van der Waals surface area (Å²) in [4.78, 5) is 0. The largest absolute Gasteiger partial charge is 0.396 e. The SMILES string of the molecule is N#Cc1cccc(NC2CCCCCC2)c1N. The minimum absolute atomic E-state index is 0.508. The Morgan fingerprint density at radius 2 is 1.88 bits per heavy atom. The van der Waals surface area contributed by atoms with Gasteiger partial charge in [0.25, 0.3) is 0 Å². The van der Waals surface area contributed by atoms with Crippen molar-refractivity contribution in [3.63, 3.8) is 0 Å². The molecule has 1 fully saturated rings. The van der Waals surface area contributed by atoms with Crippen molar-refractivity contribution in [1.29, 1.82) is 5.26 Å². The number of nitrogen functional groups attached to an aromatic ring is 1. The molecule has 1 aliphatic rings. The van der Waals surface area contributed by atoms with Gasteiger partial charge in [0.05, 0.1) is 16.9 Å². The first-order valence-corrected chi connectivity index (χ1v) is 6.36. The number of hydrogen-bond acceptors (Lipinski definition) is 3. The van der Waals surface area contributed by atoms with Gasteiger partial charge in [-0.3, -0.25) is 0 Å². The fraction of sp³-hybridized carbons (Fsp3) is 0.500. The van der Waals surface area contributed by atoms with Crippen LogP contribution < -0.4 is 11.1 Å². The summed E-state index contributed by atoms with van der Waals surface area (Å²) in [5.74, 6) is 0. The number of para-hydroxylation sites is 1. The van der Waals surface area contributed by atoms with E-state index in [4.69, 9.17) is 11.0 Å². The maximum Gasteiger partial charge on any atom is 0.101 e. The number of nitrogens with zero attached hydrogens (tertiary/aromatic N) is 1. The molecule has 1 saturated carbocycles. The lowest BCUT2D eigenvalue weighted by molar-refractivity contribution is 0.620. The highest BCUT2D eigenvalue weighted by molar-refractivity contribution is 5.73. The molecule has 0 spiro atoms. The van der Waals surface area contributed by atoms with Crippen LogP contribution in [0.1, 0.15) is 44.1 Å². The molecule has 0 aromatic heterocycles. The molecular weight excluding hydrogens is 210 g/mol. The summed E-state index contributed by atoms with van der Waals surface area (Å²) < 4.78 is 0. The lowest BCUT2D eigenvalue weighted by Crippen LogP contribution is -2.19. The van der Waals surface area contributed by atoms with Crippen LogP contribution in [-0.4, -0.2) is 6.04 Å². The summed E-state index contributed by atoms with van der Waals surface area (Å²) in [6.07, 6.45) is 7.66. The topological polar surface area (TPSA) is 61.8 Å². The summed E-state index contributed by atoms with van der Waals surface area (Å²) in [6, 6.07) is 8.23. The fourth-order valence-electron chi connectivity index (χ4n) is 2.43. The van der Waals surface area contributed by atoms with Crippen molar-refractivity contribution in [1.82, 2.24) is 0 Å². The Hall–Kier alpha value is -1.69. The first-order chi connectivity index (χ1) is 8.31. The van der Waals surface area contributed by atoms with Crippen LogP contribution >= 0.6 is 0 Å². The molecule has 0 atom stereocenters. The zero-order valence-electron chi connectivity index (χ0n) is 10.1. The second-order valence-electron chi connectivity index (χ2n) is 4.71. The highest BCUT2D eigenvalue weighted by Crippen LogP contribution is 2.26. The zero-order chi connectivity index (χ0) is 12.1. The standard InChI is InChI=1S/C14H19N3/c15-10-11-6-5-9-13(14(11)16)17-12-7-3-1-2-4-8-12/h5-6,9,12,17H,1-4,7-8,16H2. The number of anilines is 2. The van der Waals surface area contributed by atoms with Gasteiger partial charge in [-0.2, -0.15) is 5.26 Å². The molecule has 3 heteroatoms. The summed E-state index contributed by atoms with van der Waals surface area (Å²) >= 11 is 0. The molecule has 90 valence electrons. The van der Waals surface area contributed by atoms with Gasteiger partial charge in [-0.15, -0.1) is 0 Å². The predicted octanol–water partition coefficient (Wildman–Crippen LogP) is 3.28. The first-order valence-electron chi connectivity index (χ1n) is 6.36. The smallest absolute Gasteiger partial charge is 0.101 e. The van der Waals surface area contributed by atoms with E-state index in [-0.39, 0.29) is 0 Å². The van der Waals surface area contributed by atoms with E-state index in [1.54, 1.807) is 6.07 Å². The number of benzene rings is 1. The molecule has 0 heterocycles. The molecule has 3 nitrogen and oxygen atoms in total. The molecule has 1 aromatic rings. The molecule has 0 saturated heterocycles. The van der Waals surface area contributed by atoms with Crippen molar-refractivity contribution >= 4 is 11.4 Å². The van der Waals surface area contributed by atoms with E-state index in [0.29, 0.717) is 17.3 Å². The quantitative estimate of drug-likeness (QED) is 0.604. The van der Waals surface area contributed by atoms with Crippen LogP contribution in [0.4, 0.5) is 11.4 Å². The minimum atomic E-state index is 0.508. The molecule has 17 heavy (non-hydrogen) atoms. The van der Waals surface area contributed by atoms with Gasteiger partial charge in [-0.05, 0) is 25.0 Å². The van der Waals surface area contributed by atoms with Gasteiger partial charge in [0.15, 0.2) is 0 Å². The van der Waals surface area contributed by atoms with Gasteiger partial charge >= 0.3 is 0 Å². The highest BCUT2D eigenvalue weighted by Gasteiger charge is 2.13.